The molecule has 1 aromatic rings. The van der Waals surface area contributed by atoms with Crippen LogP contribution >= 0.6 is 0 Å². The van der Waals surface area contributed by atoms with Gasteiger partial charge in [-0.2, -0.15) is 4.98 Å². The third kappa shape index (κ3) is 3.62. The van der Waals surface area contributed by atoms with Crippen molar-refractivity contribution in [1.29, 1.82) is 0 Å². The molecule has 0 saturated heterocycles. The fraction of sp³-hybridized carbons (Fsp3) is 0.750. The van der Waals surface area contributed by atoms with E-state index < -0.39 is 0 Å². The lowest BCUT2D eigenvalue weighted by Gasteiger charge is -2.23. The Morgan fingerprint density at radius 1 is 0.850 bits per heavy atom. The topological polar surface area (TPSA) is 49.8 Å². The van der Waals surface area contributed by atoms with Gasteiger partial charge in [0.25, 0.3) is 0 Å². The lowest BCUT2D eigenvalue weighted by atomic mass is 9.95. The number of rotatable bonds is 4. The van der Waals surface area contributed by atoms with Crippen molar-refractivity contribution in [1.82, 2.24) is 9.97 Å². The summed E-state index contributed by atoms with van der Waals surface area (Å²) in [5.41, 5.74) is 1.04. The van der Waals surface area contributed by atoms with Crippen molar-refractivity contribution in [3.8, 4) is 0 Å². The van der Waals surface area contributed by atoms with E-state index in [4.69, 9.17) is 0 Å². The third-order valence-electron chi connectivity index (χ3n) is 4.50. The van der Waals surface area contributed by atoms with Crippen LogP contribution in [-0.4, -0.2) is 22.1 Å². The molecule has 0 amide bonds. The van der Waals surface area contributed by atoms with E-state index in [2.05, 4.69) is 26.7 Å². The Bertz CT molecular complexity index is 434. The highest BCUT2D eigenvalue weighted by Gasteiger charge is 2.17. The molecule has 0 atom stereocenters. The van der Waals surface area contributed by atoms with E-state index in [0.717, 1.165) is 17.5 Å². The predicted octanol–water partition coefficient (Wildman–Crippen LogP) is 3.88. The van der Waals surface area contributed by atoms with Gasteiger partial charge in [0.05, 0.1) is 0 Å². The van der Waals surface area contributed by atoms with Crippen molar-refractivity contribution < 1.29 is 0 Å². The second kappa shape index (κ2) is 6.42. The maximum atomic E-state index is 4.66. The lowest BCUT2D eigenvalue weighted by Crippen LogP contribution is -2.24. The normalized spacial score (nSPS) is 21.1. The summed E-state index contributed by atoms with van der Waals surface area (Å²) in [5, 5.41) is 7.09. The summed E-state index contributed by atoms with van der Waals surface area (Å²) in [6.07, 6.45) is 11.8. The first kappa shape index (κ1) is 13.7. The predicted molar refractivity (Wildman–Crippen MR) is 83.1 cm³/mol. The Labute approximate surface area is 121 Å². The van der Waals surface area contributed by atoms with Crippen LogP contribution in [0.2, 0.25) is 0 Å². The largest absolute Gasteiger partial charge is 0.367 e. The van der Waals surface area contributed by atoms with E-state index in [1.54, 1.807) is 0 Å². The number of nitrogens with one attached hydrogen (secondary N) is 2. The number of hydrogen-bond donors (Lipinski definition) is 2. The minimum atomic E-state index is 0.569. The van der Waals surface area contributed by atoms with Crippen LogP contribution in [0.25, 0.3) is 0 Å². The molecule has 4 nitrogen and oxygen atoms in total. The third-order valence-corrected chi connectivity index (χ3v) is 4.50. The molecule has 0 radical (unpaired) electrons. The van der Waals surface area contributed by atoms with Crippen LogP contribution in [0.5, 0.6) is 0 Å². The molecule has 2 aliphatic carbocycles. The second-order valence-electron chi connectivity index (χ2n) is 6.32. The van der Waals surface area contributed by atoms with Crippen molar-refractivity contribution in [2.75, 3.05) is 10.6 Å². The standard InChI is InChI=1S/C16H26N4/c1-12-11-15(18-13-7-3-2-4-8-13)20-16(17-12)19-14-9-5-6-10-14/h11,13-14H,2-10H2,1H3,(H2,17,18,19,20). The van der Waals surface area contributed by atoms with Crippen molar-refractivity contribution in [3.63, 3.8) is 0 Å². The van der Waals surface area contributed by atoms with Crippen molar-refractivity contribution in [2.24, 2.45) is 0 Å². The maximum Gasteiger partial charge on any atom is 0.225 e. The van der Waals surface area contributed by atoms with Gasteiger partial charge in [-0.15, -0.1) is 0 Å². The van der Waals surface area contributed by atoms with Gasteiger partial charge < -0.3 is 10.6 Å². The number of aryl methyl sites for hydroxylation is 1. The van der Waals surface area contributed by atoms with Crippen molar-refractivity contribution in [2.45, 2.75) is 76.8 Å². The monoisotopic (exact) mass is 274 g/mol. The average molecular weight is 274 g/mol. The summed E-state index contributed by atoms with van der Waals surface area (Å²) >= 11 is 0. The molecule has 2 saturated carbocycles. The molecular weight excluding hydrogens is 248 g/mol. The number of nitrogens with zero attached hydrogens (tertiary/aromatic N) is 2. The molecule has 2 fully saturated rings. The first-order valence-corrected chi connectivity index (χ1v) is 8.18. The Kier molecular flexibility index (Phi) is 4.38. The van der Waals surface area contributed by atoms with Crippen LogP contribution in [0.4, 0.5) is 11.8 Å². The first-order chi connectivity index (χ1) is 9.79. The smallest absolute Gasteiger partial charge is 0.225 e. The van der Waals surface area contributed by atoms with Crippen LogP contribution in [0.3, 0.4) is 0 Å². The summed E-state index contributed by atoms with van der Waals surface area (Å²) < 4.78 is 0. The lowest BCUT2D eigenvalue weighted by molar-refractivity contribution is 0.462. The molecular formula is C16H26N4. The molecule has 2 aliphatic rings. The maximum absolute atomic E-state index is 4.66. The highest BCUT2D eigenvalue weighted by atomic mass is 15.2. The van der Waals surface area contributed by atoms with Crippen molar-refractivity contribution >= 4 is 11.8 Å². The zero-order valence-electron chi connectivity index (χ0n) is 12.5. The first-order valence-electron chi connectivity index (χ1n) is 8.18. The summed E-state index contributed by atoms with van der Waals surface area (Å²) in [7, 11) is 0. The Balaban J connectivity index is 1.65. The summed E-state index contributed by atoms with van der Waals surface area (Å²) in [6.45, 7) is 2.05. The van der Waals surface area contributed by atoms with Gasteiger partial charge in [0.1, 0.15) is 5.82 Å². The van der Waals surface area contributed by atoms with Crippen LogP contribution in [-0.2, 0) is 0 Å². The van der Waals surface area contributed by atoms with Gasteiger partial charge in [0, 0.05) is 23.8 Å². The van der Waals surface area contributed by atoms with Crippen LogP contribution < -0.4 is 10.6 Å². The van der Waals surface area contributed by atoms with Gasteiger partial charge in [-0.1, -0.05) is 32.1 Å². The van der Waals surface area contributed by atoms with E-state index in [1.165, 1.54) is 57.8 Å². The SMILES string of the molecule is Cc1cc(NC2CCCCC2)nc(NC2CCCC2)n1. The molecule has 2 N–H and O–H groups in total. The molecule has 0 aliphatic heterocycles. The molecule has 0 bridgehead atoms. The Morgan fingerprint density at radius 3 is 2.15 bits per heavy atom. The molecule has 20 heavy (non-hydrogen) atoms. The van der Waals surface area contributed by atoms with Gasteiger partial charge in [0.15, 0.2) is 0 Å². The van der Waals surface area contributed by atoms with Gasteiger partial charge in [-0.25, -0.2) is 4.98 Å². The van der Waals surface area contributed by atoms with E-state index in [1.807, 2.05) is 6.92 Å². The summed E-state index contributed by atoms with van der Waals surface area (Å²) in [5.74, 6) is 1.79. The van der Waals surface area contributed by atoms with Gasteiger partial charge in [-0.3, -0.25) is 0 Å². The number of anilines is 2. The van der Waals surface area contributed by atoms with E-state index in [0.29, 0.717) is 12.1 Å². The summed E-state index contributed by atoms with van der Waals surface area (Å²) in [6, 6.07) is 3.23. The van der Waals surface area contributed by atoms with E-state index in [-0.39, 0.29) is 0 Å². The fourth-order valence-corrected chi connectivity index (χ4v) is 3.42. The highest BCUT2D eigenvalue weighted by Crippen LogP contribution is 2.23. The second-order valence-corrected chi connectivity index (χ2v) is 6.32. The zero-order chi connectivity index (χ0) is 13.8. The molecule has 1 aromatic heterocycles. The van der Waals surface area contributed by atoms with Gasteiger partial charge >= 0.3 is 0 Å². The zero-order valence-corrected chi connectivity index (χ0v) is 12.5. The fourth-order valence-electron chi connectivity index (χ4n) is 3.42. The molecule has 0 spiro atoms. The molecule has 0 aromatic carbocycles. The minimum absolute atomic E-state index is 0.569. The Hall–Kier alpha value is -1.32. The minimum Gasteiger partial charge on any atom is -0.367 e. The summed E-state index contributed by atoms with van der Waals surface area (Å²) in [4.78, 5) is 9.19. The van der Waals surface area contributed by atoms with E-state index in [9.17, 15) is 0 Å². The highest BCUT2D eigenvalue weighted by molar-refractivity contribution is 5.43. The van der Waals surface area contributed by atoms with Crippen molar-refractivity contribution in [3.05, 3.63) is 11.8 Å². The van der Waals surface area contributed by atoms with Crippen LogP contribution in [0, 0.1) is 6.92 Å². The average Bonchev–Trinajstić information content (AvgIpc) is 2.92. The van der Waals surface area contributed by atoms with Gasteiger partial charge in [-0.05, 0) is 32.6 Å². The van der Waals surface area contributed by atoms with Gasteiger partial charge in [0.2, 0.25) is 5.95 Å². The Morgan fingerprint density at radius 2 is 1.45 bits per heavy atom. The van der Waals surface area contributed by atoms with Crippen LogP contribution in [0.1, 0.15) is 63.5 Å². The molecule has 0 unspecified atom stereocenters. The number of hydrogen-bond acceptors (Lipinski definition) is 4. The number of aromatic nitrogens is 2. The quantitative estimate of drug-likeness (QED) is 0.874. The molecule has 3 rings (SSSR count). The van der Waals surface area contributed by atoms with Crippen LogP contribution in [0.15, 0.2) is 6.07 Å². The molecule has 4 heteroatoms. The molecule has 1 heterocycles. The van der Waals surface area contributed by atoms with E-state index >= 15 is 0 Å². The molecule has 110 valence electrons.